The highest BCUT2D eigenvalue weighted by molar-refractivity contribution is 5.85. The van der Waals surface area contributed by atoms with Crippen molar-refractivity contribution in [3.8, 4) is 0 Å². The third-order valence-electron chi connectivity index (χ3n) is 12.2. The van der Waals surface area contributed by atoms with Crippen molar-refractivity contribution in [3.63, 3.8) is 0 Å². The summed E-state index contributed by atoms with van der Waals surface area (Å²) in [5, 5.41) is 0. The summed E-state index contributed by atoms with van der Waals surface area (Å²) >= 11 is 0. The summed E-state index contributed by atoms with van der Waals surface area (Å²) in [7, 11) is 0. The minimum atomic E-state index is 0.492. The minimum absolute atomic E-state index is 0.492. The quantitative estimate of drug-likeness (QED) is 0.0518. The lowest BCUT2D eigenvalue weighted by molar-refractivity contribution is 0.110. The Labute approximate surface area is 365 Å². The molecule has 8 nitrogen and oxygen atoms in total. The Balaban J connectivity index is 1.43. The molecule has 2 aliphatic rings. The summed E-state index contributed by atoms with van der Waals surface area (Å²) in [4.78, 5) is 65.6. The van der Waals surface area contributed by atoms with Gasteiger partial charge in [0.15, 0.2) is 0 Å². The van der Waals surface area contributed by atoms with E-state index in [0.717, 1.165) is 136 Å². The Morgan fingerprint density at radius 1 is 0.387 bits per heavy atom. The van der Waals surface area contributed by atoms with Crippen LogP contribution in [-0.2, 0) is 38.5 Å². The van der Waals surface area contributed by atoms with Gasteiger partial charge in [-0.1, -0.05) is 65.2 Å². The first kappa shape index (κ1) is 43.8. The predicted octanol–water partition coefficient (Wildman–Crippen LogP) is 12.5. The normalized spacial score (nSPS) is 11.9. The lowest BCUT2D eigenvalue weighted by atomic mass is 9.99. The van der Waals surface area contributed by atoms with Gasteiger partial charge < -0.3 is 9.97 Å². The molecule has 0 aliphatic carbocycles. The number of aryl methyl sites for hydroxylation is 5. The van der Waals surface area contributed by atoms with E-state index in [9.17, 15) is 19.2 Å². The molecular weight excluding hydrogens is 769 g/mol. The predicted molar refractivity (Wildman–Crippen MR) is 253 cm³/mol. The zero-order chi connectivity index (χ0) is 43.3. The van der Waals surface area contributed by atoms with Gasteiger partial charge >= 0.3 is 0 Å². The summed E-state index contributed by atoms with van der Waals surface area (Å²) in [5.41, 5.74) is 16.0. The van der Waals surface area contributed by atoms with Crippen molar-refractivity contribution >= 4 is 71.5 Å². The van der Waals surface area contributed by atoms with Crippen LogP contribution in [0.15, 0.2) is 60.7 Å². The fourth-order valence-electron chi connectivity index (χ4n) is 8.90. The smallest absolute Gasteiger partial charge is 0.150 e. The molecule has 0 fully saturated rings. The number of aldehydes is 4. The summed E-state index contributed by atoms with van der Waals surface area (Å²) in [5.74, 6) is 0. The van der Waals surface area contributed by atoms with E-state index in [1.165, 1.54) is 44.1 Å². The van der Waals surface area contributed by atoms with Gasteiger partial charge in [0.25, 0.3) is 0 Å². The number of nitrogens with one attached hydrogen (secondary N) is 2. The molecule has 0 saturated heterocycles. The van der Waals surface area contributed by atoms with Crippen molar-refractivity contribution in [2.24, 2.45) is 0 Å². The number of nitrogens with zero attached hydrogens (tertiary/aromatic N) is 2. The molecule has 5 heterocycles. The molecule has 3 aromatic heterocycles. The lowest BCUT2D eigenvalue weighted by Gasteiger charge is -2.08. The molecule has 0 amide bonds. The number of hydrogen-bond acceptors (Lipinski definition) is 6. The summed E-state index contributed by atoms with van der Waals surface area (Å²) in [6.45, 7) is 4.47. The second kappa shape index (κ2) is 21.5. The SMILES string of the molecule is CCCCCCCc1c2nc(c(CCc3cc(C=O)cc(C=O)c3)c3ccc([nH]3)c(CCCCCCC)c3ccc([nH]3)c(CCc3cc(C=O)cc(C=O)c3)c3nc1C=C3)C=C2. The van der Waals surface area contributed by atoms with Crippen LogP contribution in [0.2, 0.25) is 0 Å². The van der Waals surface area contributed by atoms with Crippen LogP contribution in [0, 0.1) is 0 Å². The van der Waals surface area contributed by atoms with Crippen molar-refractivity contribution in [3.05, 3.63) is 139 Å². The van der Waals surface area contributed by atoms with Crippen molar-refractivity contribution in [1.29, 1.82) is 0 Å². The number of hydrogen-bond donors (Lipinski definition) is 2. The largest absolute Gasteiger partial charge is 0.355 e. The zero-order valence-corrected chi connectivity index (χ0v) is 36.2. The molecule has 0 radical (unpaired) electrons. The molecule has 2 aliphatic heterocycles. The zero-order valence-electron chi connectivity index (χ0n) is 36.2. The highest BCUT2D eigenvalue weighted by Crippen LogP contribution is 2.30. The number of unbranched alkanes of at least 4 members (excludes halogenated alkanes) is 8. The van der Waals surface area contributed by atoms with E-state index < -0.39 is 0 Å². The van der Waals surface area contributed by atoms with Gasteiger partial charge in [0.2, 0.25) is 0 Å². The summed E-state index contributed by atoms with van der Waals surface area (Å²) in [6.07, 6.45) is 27.5. The molecule has 5 aromatic rings. The van der Waals surface area contributed by atoms with Gasteiger partial charge in [-0.05, 0) is 153 Å². The van der Waals surface area contributed by atoms with E-state index in [0.29, 0.717) is 47.9 Å². The second-order valence-electron chi connectivity index (χ2n) is 16.7. The maximum Gasteiger partial charge on any atom is 0.150 e. The first-order valence-electron chi connectivity index (χ1n) is 22.6. The van der Waals surface area contributed by atoms with Gasteiger partial charge in [0.05, 0.1) is 22.8 Å². The third-order valence-corrected chi connectivity index (χ3v) is 12.2. The standard InChI is InChI=1S/C54H58N4O4/c1-3-5-7-9-11-13-43-47-19-23-51(55-47)45(17-15-37-27-39(33-59)31-40(28-37)34-60)53-25-21-49(57-53)44(14-12-10-8-6-4-2)50-22-26-54(58-50)46(52-24-20-48(43)56-52)18-16-38-29-41(35-61)32-42(30-38)36-62/h19-36,55-56H,3-18H2,1-2H3. The van der Waals surface area contributed by atoms with Crippen LogP contribution >= 0.6 is 0 Å². The van der Waals surface area contributed by atoms with Gasteiger partial charge in [-0.25, -0.2) is 9.97 Å². The number of aromatic nitrogens is 4. The number of carbonyl (C=O) groups excluding carboxylic acids is 4. The van der Waals surface area contributed by atoms with Gasteiger partial charge in [-0.15, -0.1) is 0 Å². The van der Waals surface area contributed by atoms with E-state index in [4.69, 9.17) is 9.97 Å². The molecule has 8 bridgehead atoms. The molecule has 2 aromatic carbocycles. The molecule has 2 N–H and O–H groups in total. The molecule has 0 unspecified atom stereocenters. The van der Waals surface area contributed by atoms with E-state index in [2.05, 4.69) is 72.4 Å². The maximum atomic E-state index is 11.8. The highest BCUT2D eigenvalue weighted by Gasteiger charge is 2.18. The van der Waals surface area contributed by atoms with Crippen LogP contribution < -0.4 is 0 Å². The number of benzene rings is 2. The van der Waals surface area contributed by atoms with Gasteiger partial charge in [-0.2, -0.15) is 0 Å². The number of fused-ring (bicyclic) bond motifs is 8. The summed E-state index contributed by atoms with van der Waals surface area (Å²) in [6, 6.07) is 19.4. The number of aromatic amines is 2. The van der Waals surface area contributed by atoms with Crippen molar-refractivity contribution < 1.29 is 19.2 Å². The van der Waals surface area contributed by atoms with Crippen LogP contribution in [-0.4, -0.2) is 45.1 Å². The van der Waals surface area contributed by atoms with Crippen molar-refractivity contribution in [2.75, 3.05) is 0 Å². The van der Waals surface area contributed by atoms with Crippen LogP contribution in [0.3, 0.4) is 0 Å². The summed E-state index contributed by atoms with van der Waals surface area (Å²) < 4.78 is 0. The van der Waals surface area contributed by atoms with E-state index in [1.54, 1.807) is 12.1 Å². The Kier molecular flexibility index (Phi) is 15.2. The number of H-pyrrole nitrogens is 2. The Morgan fingerprint density at radius 2 is 0.726 bits per heavy atom. The topological polar surface area (TPSA) is 126 Å². The van der Waals surface area contributed by atoms with E-state index >= 15 is 0 Å². The van der Waals surface area contributed by atoms with Crippen molar-refractivity contribution in [2.45, 2.75) is 117 Å². The molecular formula is C54H58N4O4. The maximum absolute atomic E-state index is 11.8. The van der Waals surface area contributed by atoms with Crippen LogP contribution in [0.25, 0.3) is 46.4 Å². The minimum Gasteiger partial charge on any atom is -0.355 e. The molecule has 8 heteroatoms. The first-order valence-corrected chi connectivity index (χ1v) is 22.6. The van der Waals surface area contributed by atoms with Crippen LogP contribution in [0.1, 0.15) is 176 Å². The van der Waals surface area contributed by atoms with E-state index in [-0.39, 0.29) is 0 Å². The molecule has 0 saturated carbocycles. The average molecular weight is 827 g/mol. The Bertz CT molecular complexity index is 2440. The molecule has 0 spiro atoms. The second-order valence-corrected chi connectivity index (χ2v) is 16.7. The van der Waals surface area contributed by atoms with Crippen molar-refractivity contribution in [1.82, 2.24) is 19.9 Å². The average Bonchev–Trinajstić information content (AvgIpc) is 4.15. The number of rotatable bonds is 22. The lowest BCUT2D eigenvalue weighted by Crippen LogP contribution is -1.99. The fourth-order valence-corrected chi connectivity index (χ4v) is 8.90. The molecule has 7 rings (SSSR count). The third kappa shape index (κ3) is 10.8. The van der Waals surface area contributed by atoms with Gasteiger partial charge in [0.1, 0.15) is 25.1 Å². The first-order chi connectivity index (χ1) is 30.4. The van der Waals surface area contributed by atoms with Gasteiger partial charge in [0, 0.05) is 61.0 Å². The van der Waals surface area contributed by atoms with Gasteiger partial charge in [-0.3, -0.25) is 19.2 Å². The monoisotopic (exact) mass is 826 g/mol. The molecule has 318 valence electrons. The number of carbonyl (C=O) groups is 4. The Morgan fingerprint density at radius 3 is 1.10 bits per heavy atom. The highest BCUT2D eigenvalue weighted by atomic mass is 16.1. The molecule has 62 heavy (non-hydrogen) atoms. The Hall–Kier alpha value is -6.28. The van der Waals surface area contributed by atoms with Crippen LogP contribution in [0.5, 0.6) is 0 Å². The molecule has 0 atom stereocenters. The van der Waals surface area contributed by atoms with E-state index in [1.807, 2.05) is 24.3 Å². The van der Waals surface area contributed by atoms with Crippen LogP contribution in [0.4, 0.5) is 0 Å². The fraction of sp³-hybridized carbons (Fsp3) is 0.333.